The number of nitrogens with two attached hydrogens (primary N) is 1. The fourth-order valence-electron chi connectivity index (χ4n) is 0.892. The first-order valence-corrected chi connectivity index (χ1v) is 4.38. The van der Waals surface area contributed by atoms with Gasteiger partial charge >= 0.3 is 11.9 Å². The van der Waals surface area contributed by atoms with E-state index in [1.54, 1.807) is 0 Å². The normalized spacial score (nSPS) is 11.9. The van der Waals surface area contributed by atoms with Crippen molar-refractivity contribution in [2.24, 2.45) is 5.73 Å². The topological polar surface area (TPSA) is 128 Å². The molecular formula is C8H11N3O5. The molecule has 0 bridgehead atoms. The minimum Gasteiger partial charge on any atom is -0.384 e. The van der Waals surface area contributed by atoms with Gasteiger partial charge in [-0.2, -0.15) is 0 Å². The maximum Gasteiger partial charge on any atom is 0.380 e. The van der Waals surface area contributed by atoms with Gasteiger partial charge in [-0.25, -0.2) is 24.3 Å². The van der Waals surface area contributed by atoms with Crippen molar-refractivity contribution in [3.63, 3.8) is 0 Å². The van der Waals surface area contributed by atoms with Gasteiger partial charge in [0.15, 0.2) is 0 Å². The third-order valence-corrected chi connectivity index (χ3v) is 1.64. The Morgan fingerprint density at radius 3 is 2.88 bits per heavy atom. The molecule has 1 aromatic heterocycles. The lowest BCUT2D eigenvalue weighted by molar-refractivity contribution is -0.261. The van der Waals surface area contributed by atoms with E-state index in [9.17, 15) is 9.59 Å². The minimum absolute atomic E-state index is 0.176. The van der Waals surface area contributed by atoms with Crippen molar-refractivity contribution in [1.82, 2.24) is 9.97 Å². The van der Waals surface area contributed by atoms with Gasteiger partial charge in [0.1, 0.15) is 12.6 Å². The number of imidazole rings is 1. The molecule has 1 atom stereocenters. The van der Waals surface area contributed by atoms with Crippen LogP contribution in [0.3, 0.4) is 0 Å². The standard InChI is InChI=1S/C8H11N3O5/c9-6(1-5-2-10-4-11-5)8(14)16-15-7(13)3-12/h2,4,6,12H,1,3,9H2,(H,10,11). The lowest BCUT2D eigenvalue weighted by Gasteiger charge is -2.07. The SMILES string of the molecule is NC(Cc1cnc[nH]1)C(=O)OOC(=O)CO. The Morgan fingerprint density at radius 1 is 1.56 bits per heavy atom. The molecule has 0 aliphatic rings. The average molecular weight is 229 g/mol. The quantitative estimate of drug-likeness (QED) is 0.413. The number of carbonyl (C=O) groups is 2. The van der Waals surface area contributed by atoms with Crippen LogP contribution >= 0.6 is 0 Å². The predicted octanol–water partition coefficient (Wildman–Crippen LogP) is -1.73. The van der Waals surface area contributed by atoms with Gasteiger partial charge in [0.05, 0.1) is 6.33 Å². The third kappa shape index (κ3) is 3.67. The fourth-order valence-corrected chi connectivity index (χ4v) is 0.892. The second kappa shape index (κ2) is 5.83. The molecule has 0 spiro atoms. The molecule has 0 saturated heterocycles. The Balaban J connectivity index is 2.33. The van der Waals surface area contributed by atoms with Crippen molar-refractivity contribution in [3.8, 4) is 0 Å². The number of nitrogens with one attached hydrogen (secondary N) is 1. The van der Waals surface area contributed by atoms with Gasteiger partial charge in [0.25, 0.3) is 0 Å². The molecule has 1 heterocycles. The molecule has 0 aromatic carbocycles. The van der Waals surface area contributed by atoms with Gasteiger partial charge in [0, 0.05) is 18.3 Å². The number of aromatic amines is 1. The van der Waals surface area contributed by atoms with Crippen molar-refractivity contribution < 1.29 is 24.5 Å². The Kier molecular flexibility index (Phi) is 4.42. The second-order valence-electron chi connectivity index (χ2n) is 2.90. The number of rotatable bonds is 4. The van der Waals surface area contributed by atoms with Crippen LogP contribution in [0.2, 0.25) is 0 Å². The van der Waals surface area contributed by atoms with Crippen LogP contribution < -0.4 is 5.73 Å². The molecule has 16 heavy (non-hydrogen) atoms. The van der Waals surface area contributed by atoms with Crippen molar-refractivity contribution in [3.05, 3.63) is 18.2 Å². The van der Waals surface area contributed by atoms with E-state index in [4.69, 9.17) is 10.8 Å². The number of H-pyrrole nitrogens is 1. The Bertz CT molecular complexity index is 351. The van der Waals surface area contributed by atoms with Crippen LogP contribution in [0.1, 0.15) is 5.69 Å². The number of aliphatic hydroxyl groups excluding tert-OH is 1. The summed E-state index contributed by atoms with van der Waals surface area (Å²) in [5.74, 6) is -1.97. The van der Waals surface area contributed by atoms with E-state index in [0.717, 1.165) is 0 Å². The first kappa shape index (κ1) is 12.1. The maximum absolute atomic E-state index is 11.1. The highest BCUT2D eigenvalue weighted by Crippen LogP contribution is 1.98. The van der Waals surface area contributed by atoms with Gasteiger partial charge in [-0.1, -0.05) is 0 Å². The third-order valence-electron chi connectivity index (χ3n) is 1.64. The van der Waals surface area contributed by atoms with Gasteiger partial charge < -0.3 is 15.8 Å². The Hall–Kier alpha value is -1.93. The summed E-state index contributed by atoms with van der Waals surface area (Å²) in [5.41, 5.74) is 6.11. The second-order valence-corrected chi connectivity index (χ2v) is 2.90. The van der Waals surface area contributed by atoms with Crippen molar-refractivity contribution in [2.75, 3.05) is 6.61 Å². The van der Waals surface area contributed by atoms with E-state index >= 15 is 0 Å². The summed E-state index contributed by atoms with van der Waals surface area (Å²) in [7, 11) is 0. The van der Waals surface area contributed by atoms with Gasteiger partial charge in [-0.05, 0) is 0 Å². The van der Waals surface area contributed by atoms with E-state index in [1.165, 1.54) is 12.5 Å². The summed E-state index contributed by atoms with van der Waals surface area (Å²) >= 11 is 0. The zero-order valence-corrected chi connectivity index (χ0v) is 8.25. The molecule has 0 radical (unpaired) electrons. The molecule has 88 valence electrons. The zero-order valence-electron chi connectivity index (χ0n) is 8.25. The summed E-state index contributed by atoms with van der Waals surface area (Å²) in [4.78, 5) is 36.1. The summed E-state index contributed by atoms with van der Waals surface area (Å²) in [6.45, 7) is -0.872. The molecule has 0 aliphatic carbocycles. The summed E-state index contributed by atoms with van der Waals surface area (Å²) in [6.07, 6.45) is 3.13. The molecule has 8 nitrogen and oxygen atoms in total. The predicted molar refractivity (Wildman–Crippen MR) is 49.5 cm³/mol. The largest absolute Gasteiger partial charge is 0.384 e. The number of nitrogens with zero attached hydrogens (tertiary/aromatic N) is 1. The van der Waals surface area contributed by atoms with Crippen molar-refractivity contribution in [1.29, 1.82) is 0 Å². The number of hydrogen-bond acceptors (Lipinski definition) is 7. The lowest BCUT2D eigenvalue weighted by Crippen LogP contribution is -2.35. The minimum atomic E-state index is -1.07. The van der Waals surface area contributed by atoms with Crippen LogP contribution in [0.4, 0.5) is 0 Å². The first-order chi connectivity index (χ1) is 7.63. The van der Waals surface area contributed by atoms with Crippen LogP contribution in [0, 0.1) is 0 Å². The van der Waals surface area contributed by atoms with E-state index < -0.39 is 24.6 Å². The Labute approximate surface area is 90.3 Å². The molecule has 8 heteroatoms. The summed E-state index contributed by atoms with van der Waals surface area (Å²) in [6, 6.07) is -0.980. The summed E-state index contributed by atoms with van der Waals surface area (Å²) in [5, 5.41) is 8.28. The van der Waals surface area contributed by atoms with Crippen LogP contribution in [-0.2, 0) is 25.8 Å². The lowest BCUT2D eigenvalue weighted by atomic mass is 10.2. The van der Waals surface area contributed by atoms with Crippen molar-refractivity contribution in [2.45, 2.75) is 12.5 Å². The van der Waals surface area contributed by atoms with E-state index in [-0.39, 0.29) is 6.42 Å². The van der Waals surface area contributed by atoms with Crippen LogP contribution in [0.25, 0.3) is 0 Å². The molecule has 0 amide bonds. The highest BCUT2D eigenvalue weighted by atomic mass is 17.2. The molecule has 0 aliphatic heterocycles. The number of aliphatic hydroxyl groups is 1. The highest BCUT2D eigenvalue weighted by Gasteiger charge is 2.19. The molecule has 1 aromatic rings. The van der Waals surface area contributed by atoms with Crippen LogP contribution in [-0.4, -0.2) is 39.7 Å². The van der Waals surface area contributed by atoms with Gasteiger partial charge in [-0.15, -0.1) is 0 Å². The van der Waals surface area contributed by atoms with E-state index in [1.807, 2.05) is 0 Å². The van der Waals surface area contributed by atoms with Crippen LogP contribution in [0.5, 0.6) is 0 Å². The number of aromatic nitrogens is 2. The smallest absolute Gasteiger partial charge is 0.380 e. The monoisotopic (exact) mass is 229 g/mol. The highest BCUT2D eigenvalue weighted by molar-refractivity contribution is 5.77. The molecule has 1 rings (SSSR count). The van der Waals surface area contributed by atoms with Crippen LogP contribution in [0.15, 0.2) is 12.5 Å². The first-order valence-electron chi connectivity index (χ1n) is 4.38. The van der Waals surface area contributed by atoms with Gasteiger partial charge in [0.2, 0.25) is 0 Å². The molecule has 0 saturated carbocycles. The van der Waals surface area contributed by atoms with Gasteiger partial charge in [-0.3, -0.25) is 0 Å². The van der Waals surface area contributed by atoms with Crippen molar-refractivity contribution >= 4 is 11.9 Å². The van der Waals surface area contributed by atoms with E-state index in [2.05, 4.69) is 19.7 Å². The molecule has 4 N–H and O–H groups in total. The molecular weight excluding hydrogens is 218 g/mol. The maximum atomic E-state index is 11.1. The average Bonchev–Trinajstić information content (AvgIpc) is 2.77. The zero-order chi connectivity index (χ0) is 12.0. The van der Waals surface area contributed by atoms with E-state index in [0.29, 0.717) is 5.69 Å². The number of hydrogen-bond donors (Lipinski definition) is 3. The fraction of sp³-hybridized carbons (Fsp3) is 0.375. The molecule has 0 fully saturated rings. The Morgan fingerprint density at radius 2 is 2.31 bits per heavy atom. The summed E-state index contributed by atoms with van der Waals surface area (Å²) < 4.78 is 0. The molecule has 1 unspecified atom stereocenters. The number of carbonyl (C=O) groups excluding carboxylic acids is 2.